The van der Waals surface area contributed by atoms with Crippen molar-refractivity contribution in [2.75, 3.05) is 18.5 Å². The van der Waals surface area contributed by atoms with Gasteiger partial charge in [0.05, 0.1) is 12.3 Å². The van der Waals surface area contributed by atoms with Crippen molar-refractivity contribution >= 4 is 5.69 Å². The Morgan fingerprint density at radius 2 is 2.12 bits per heavy atom. The van der Waals surface area contributed by atoms with E-state index >= 15 is 0 Å². The van der Waals surface area contributed by atoms with E-state index in [0.29, 0.717) is 0 Å². The molecule has 0 amide bonds. The normalized spacial score (nSPS) is 14.8. The van der Waals surface area contributed by atoms with E-state index in [0.717, 1.165) is 36.9 Å². The summed E-state index contributed by atoms with van der Waals surface area (Å²) in [4.78, 5) is 0. The van der Waals surface area contributed by atoms with Gasteiger partial charge in [-0.3, -0.25) is 0 Å². The summed E-state index contributed by atoms with van der Waals surface area (Å²) >= 11 is 0. The van der Waals surface area contributed by atoms with Crippen LogP contribution in [0.3, 0.4) is 0 Å². The zero-order valence-electron chi connectivity index (χ0n) is 10.0. The first-order valence-corrected chi connectivity index (χ1v) is 6.36. The van der Waals surface area contributed by atoms with Crippen molar-refractivity contribution in [1.82, 2.24) is 0 Å². The lowest BCUT2D eigenvalue weighted by molar-refractivity contribution is 0.310. The van der Waals surface area contributed by atoms with Gasteiger partial charge < -0.3 is 10.1 Å². The number of nitrogens with one attached hydrogen (secondary N) is 1. The van der Waals surface area contributed by atoms with E-state index in [1.54, 1.807) is 0 Å². The standard InChI is InChI=1S/C14H21NO/c1-2-3-10-16-14-7-5-4-6-13(14)15-11-12-8-9-12/h4-7,12,15H,2-3,8-11H2,1H3. The molecule has 1 fully saturated rings. The Bertz CT molecular complexity index is 320. The van der Waals surface area contributed by atoms with Crippen LogP contribution < -0.4 is 10.1 Å². The van der Waals surface area contributed by atoms with Gasteiger partial charge in [-0.2, -0.15) is 0 Å². The molecule has 0 heterocycles. The molecule has 0 saturated heterocycles. The van der Waals surface area contributed by atoms with Gasteiger partial charge in [0, 0.05) is 6.54 Å². The summed E-state index contributed by atoms with van der Waals surface area (Å²) in [5, 5.41) is 3.48. The molecule has 1 aromatic carbocycles. The number of hydrogen-bond donors (Lipinski definition) is 1. The van der Waals surface area contributed by atoms with Crippen LogP contribution in [-0.4, -0.2) is 13.2 Å². The van der Waals surface area contributed by atoms with Crippen LogP contribution in [0.15, 0.2) is 24.3 Å². The highest BCUT2D eigenvalue weighted by Crippen LogP contribution is 2.31. The predicted octanol–water partition coefficient (Wildman–Crippen LogP) is 3.69. The van der Waals surface area contributed by atoms with Crippen LogP contribution in [0.4, 0.5) is 5.69 Å². The maximum atomic E-state index is 5.77. The number of anilines is 1. The molecule has 1 N–H and O–H groups in total. The Balaban J connectivity index is 1.87. The second-order valence-electron chi connectivity index (χ2n) is 4.52. The minimum Gasteiger partial charge on any atom is -0.491 e. The quantitative estimate of drug-likeness (QED) is 0.706. The van der Waals surface area contributed by atoms with Crippen molar-refractivity contribution in [3.63, 3.8) is 0 Å². The molecule has 1 aliphatic carbocycles. The molecule has 0 spiro atoms. The minimum absolute atomic E-state index is 0.818. The number of unbranched alkanes of at least 4 members (excludes halogenated alkanes) is 1. The Morgan fingerprint density at radius 1 is 1.31 bits per heavy atom. The summed E-state index contributed by atoms with van der Waals surface area (Å²) in [6.07, 6.45) is 5.06. The Morgan fingerprint density at radius 3 is 2.88 bits per heavy atom. The Labute approximate surface area is 98.0 Å². The lowest BCUT2D eigenvalue weighted by Crippen LogP contribution is -2.06. The molecule has 2 rings (SSSR count). The topological polar surface area (TPSA) is 21.3 Å². The van der Waals surface area contributed by atoms with Gasteiger partial charge >= 0.3 is 0 Å². The molecule has 1 saturated carbocycles. The molecule has 0 radical (unpaired) electrons. The molecule has 0 unspecified atom stereocenters. The first kappa shape index (κ1) is 11.3. The monoisotopic (exact) mass is 219 g/mol. The maximum Gasteiger partial charge on any atom is 0.142 e. The van der Waals surface area contributed by atoms with Crippen LogP contribution in [0, 0.1) is 5.92 Å². The third-order valence-electron chi connectivity index (χ3n) is 2.92. The van der Waals surface area contributed by atoms with Crippen molar-refractivity contribution < 1.29 is 4.74 Å². The van der Waals surface area contributed by atoms with Crippen molar-refractivity contribution in [2.24, 2.45) is 5.92 Å². The van der Waals surface area contributed by atoms with E-state index in [1.165, 1.54) is 19.3 Å². The number of para-hydroxylation sites is 2. The van der Waals surface area contributed by atoms with Gasteiger partial charge in [0.1, 0.15) is 5.75 Å². The largest absolute Gasteiger partial charge is 0.491 e. The summed E-state index contributed by atoms with van der Waals surface area (Å²) in [5.74, 6) is 1.89. The summed E-state index contributed by atoms with van der Waals surface area (Å²) in [6, 6.07) is 8.24. The van der Waals surface area contributed by atoms with E-state index in [2.05, 4.69) is 24.4 Å². The second kappa shape index (κ2) is 5.78. The molecule has 2 heteroatoms. The van der Waals surface area contributed by atoms with Crippen LogP contribution in [-0.2, 0) is 0 Å². The average molecular weight is 219 g/mol. The fourth-order valence-corrected chi connectivity index (χ4v) is 1.64. The van der Waals surface area contributed by atoms with E-state index in [-0.39, 0.29) is 0 Å². The van der Waals surface area contributed by atoms with Crippen molar-refractivity contribution in [3.05, 3.63) is 24.3 Å². The van der Waals surface area contributed by atoms with Crippen LogP contribution >= 0.6 is 0 Å². The lowest BCUT2D eigenvalue weighted by atomic mass is 10.2. The van der Waals surface area contributed by atoms with E-state index < -0.39 is 0 Å². The van der Waals surface area contributed by atoms with Gasteiger partial charge in [-0.15, -0.1) is 0 Å². The molecule has 0 bridgehead atoms. The molecule has 2 nitrogen and oxygen atoms in total. The summed E-state index contributed by atoms with van der Waals surface area (Å²) in [7, 11) is 0. The van der Waals surface area contributed by atoms with Gasteiger partial charge in [-0.1, -0.05) is 25.5 Å². The molecule has 0 aromatic heterocycles. The first-order valence-electron chi connectivity index (χ1n) is 6.36. The summed E-state index contributed by atoms with van der Waals surface area (Å²) in [5.41, 5.74) is 1.14. The van der Waals surface area contributed by atoms with Crippen molar-refractivity contribution in [1.29, 1.82) is 0 Å². The number of hydrogen-bond acceptors (Lipinski definition) is 2. The van der Waals surface area contributed by atoms with Crippen LogP contribution in [0.25, 0.3) is 0 Å². The van der Waals surface area contributed by atoms with Gasteiger partial charge in [-0.25, -0.2) is 0 Å². The highest BCUT2D eigenvalue weighted by Gasteiger charge is 2.20. The summed E-state index contributed by atoms with van der Waals surface area (Å²) in [6.45, 7) is 4.09. The SMILES string of the molecule is CCCCOc1ccccc1NCC1CC1. The van der Waals surface area contributed by atoms with E-state index in [4.69, 9.17) is 4.74 Å². The molecule has 1 aromatic rings. The molecular formula is C14H21NO. The van der Waals surface area contributed by atoms with Gasteiger partial charge in [0.2, 0.25) is 0 Å². The average Bonchev–Trinajstić information content (AvgIpc) is 3.12. The predicted molar refractivity (Wildman–Crippen MR) is 68.1 cm³/mol. The van der Waals surface area contributed by atoms with Gasteiger partial charge in [0.15, 0.2) is 0 Å². The molecular weight excluding hydrogens is 198 g/mol. The van der Waals surface area contributed by atoms with Crippen LogP contribution in [0.1, 0.15) is 32.6 Å². The first-order chi connectivity index (χ1) is 7.90. The highest BCUT2D eigenvalue weighted by molar-refractivity contribution is 5.56. The second-order valence-corrected chi connectivity index (χ2v) is 4.52. The highest BCUT2D eigenvalue weighted by atomic mass is 16.5. The molecule has 1 aliphatic rings. The molecule has 0 atom stereocenters. The number of benzene rings is 1. The Kier molecular flexibility index (Phi) is 4.09. The Hall–Kier alpha value is -1.18. The fraction of sp³-hybridized carbons (Fsp3) is 0.571. The minimum atomic E-state index is 0.818. The van der Waals surface area contributed by atoms with E-state index in [9.17, 15) is 0 Å². The fourth-order valence-electron chi connectivity index (χ4n) is 1.64. The smallest absolute Gasteiger partial charge is 0.142 e. The van der Waals surface area contributed by atoms with Gasteiger partial charge in [-0.05, 0) is 37.3 Å². The van der Waals surface area contributed by atoms with Crippen molar-refractivity contribution in [3.8, 4) is 5.75 Å². The maximum absolute atomic E-state index is 5.77. The van der Waals surface area contributed by atoms with E-state index in [1.807, 2.05) is 12.1 Å². The molecule has 0 aliphatic heterocycles. The molecule has 88 valence electrons. The number of ether oxygens (including phenoxy) is 1. The zero-order chi connectivity index (χ0) is 11.2. The van der Waals surface area contributed by atoms with Crippen LogP contribution in [0.5, 0.6) is 5.75 Å². The third-order valence-corrected chi connectivity index (χ3v) is 2.92. The molecule has 16 heavy (non-hydrogen) atoms. The van der Waals surface area contributed by atoms with Crippen molar-refractivity contribution in [2.45, 2.75) is 32.6 Å². The third kappa shape index (κ3) is 3.44. The lowest BCUT2D eigenvalue weighted by Gasteiger charge is -2.12. The summed E-state index contributed by atoms with van der Waals surface area (Å²) < 4.78 is 5.77. The van der Waals surface area contributed by atoms with Crippen LogP contribution in [0.2, 0.25) is 0 Å². The van der Waals surface area contributed by atoms with Gasteiger partial charge in [0.25, 0.3) is 0 Å². The number of rotatable bonds is 7. The zero-order valence-corrected chi connectivity index (χ0v) is 10.0.